The second kappa shape index (κ2) is 9.02. The molecule has 0 saturated carbocycles. The molecule has 0 bridgehead atoms. The van der Waals surface area contributed by atoms with Crippen LogP contribution in [0.15, 0.2) is 36.9 Å². The summed E-state index contributed by atoms with van der Waals surface area (Å²) in [5, 5.41) is 0.587. The van der Waals surface area contributed by atoms with Crippen LogP contribution in [-0.4, -0.2) is 43.1 Å². The van der Waals surface area contributed by atoms with E-state index in [4.69, 9.17) is 21.1 Å². The van der Waals surface area contributed by atoms with Crippen molar-refractivity contribution < 1.29 is 19.1 Å². The van der Waals surface area contributed by atoms with E-state index in [-0.39, 0.29) is 32.2 Å². The van der Waals surface area contributed by atoms with Crippen LogP contribution in [0.4, 0.5) is 0 Å². The van der Waals surface area contributed by atoms with Crippen molar-refractivity contribution in [1.82, 2.24) is 4.90 Å². The number of benzene rings is 1. The number of esters is 1. The van der Waals surface area contributed by atoms with Crippen molar-refractivity contribution in [1.29, 1.82) is 0 Å². The van der Waals surface area contributed by atoms with Crippen LogP contribution in [0.3, 0.4) is 0 Å². The van der Waals surface area contributed by atoms with Crippen molar-refractivity contribution in [3.63, 3.8) is 0 Å². The van der Waals surface area contributed by atoms with Gasteiger partial charge >= 0.3 is 5.97 Å². The molecule has 21 heavy (non-hydrogen) atoms. The third kappa shape index (κ3) is 6.31. The fourth-order valence-corrected chi connectivity index (χ4v) is 1.67. The van der Waals surface area contributed by atoms with Gasteiger partial charge in [-0.3, -0.25) is 9.59 Å². The van der Waals surface area contributed by atoms with Gasteiger partial charge in [0.15, 0.2) is 6.61 Å². The molecule has 114 valence electrons. The molecule has 0 aliphatic carbocycles. The molecule has 0 heterocycles. The highest BCUT2D eigenvalue weighted by molar-refractivity contribution is 6.30. The lowest BCUT2D eigenvalue weighted by atomic mass is 10.3. The van der Waals surface area contributed by atoms with Gasteiger partial charge in [-0.25, -0.2) is 0 Å². The molecule has 5 nitrogen and oxygen atoms in total. The SMILES string of the molecule is C=CCN(CC(=O)OCC)C(=O)COc1ccc(Cl)cc1. The fourth-order valence-electron chi connectivity index (χ4n) is 1.54. The molecule has 1 aromatic rings. The molecule has 1 aromatic carbocycles. The van der Waals surface area contributed by atoms with Crippen LogP contribution in [0.5, 0.6) is 5.75 Å². The summed E-state index contributed by atoms with van der Waals surface area (Å²) in [5.74, 6) is -0.250. The second-order valence-electron chi connectivity index (χ2n) is 4.11. The molecule has 6 heteroatoms. The quantitative estimate of drug-likeness (QED) is 0.546. The second-order valence-corrected chi connectivity index (χ2v) is 4.55. The maximum atomic E-state index is 12.0. The number of hydrogen-bond acceptors (Lipinski definition) is 4. The Bertz CT molecular complexity index is 487. The van der Waals surface area contributed by atoms with Gasteiger partial charge in [0.1, 0.15) is 12.3 Å². The average molecular weight is 312 g/mol. The van der Waals surface area contributed by atoms with E-state index in [1.54, 1.807) is 37.3 Å². The van der Waals surface area contributed by atoms with Crippen LogP contribution in [0.1, 0.15) is 6.92 Å². The van der Waals surface area contributed by atoms with E-state index in [1.807, 2.05) is 0 Å². The molecular weight excluding hydrogens is 294 g/mol. The van der Waals surface area contributed by atoms with Crippen LogP contribution in [0.2, 0.25) is 5.02 Å². The van der Waals surface area contributed by atoms with Crippen LogP contribution in [-0.2, 0) is 14.3 Å². The third-order valence-corrected chi connectivity index (χ3v) is 2.76. The van der Waals surface area contributed by atoms with E-state index in [0.29, 0.717) is 10.8 Å². The van der Waals surface area contributed by atoms with Gasteiger partial charge in [0, 0.05) is 11.6 Å². The summed E-state index contributed by atoms with van der Waals surface area (Å²) in [7, 11) is 0. The highest BCUT2D eigenvalue weighted by Gasteiger charge is 2.17. The molecule has 0 aromatic heterocycles. The molecule has 0 aliphatic rings. The number of nitrogens with zero attached hydrogens (tertiary/aromatic N) is 1. The molecule has 0 aliphatic heterocycles. The van der Waals surface area contributed by atoms with Crippen LogP contribution < -0.4 is 4.74 Å². The minimum Gasteiger partial charge on any atom is -0.484 e. The molecule has 0 saturated heterocycles. The zero-order chi connectivity index (χ0) is 15.7. The first-order chi connectivity index (χ1) is 10.1. The lowest BCUT2D eigenvalue weighted by molar-refractivity contribution is -0.149. The van der Waals surface area contributed by atoms with Gasteiger partial charge in [-0.2, -0.15) is 0 Å². The van der Waals surface area contributed by atoms with E-state index in [9.17, 15) is 9.59 Å². The summed E-state index contributed by atoms with van der Waals surface area (Å²) in [6.07, 6.45) is 1.54. The zero-order valence-electron chi connectivity index (χ0n) is 11.9. The minimum atomic E-state index is -0.459. The number of halogens is 1. The summed E-state index contributed by atoms with van der Waals surface area (Å²) in [4.78, 5) is 24.8. The van der Waals surface area contributed by atoms with Crippen molar-refractivity contribution >= 4 is 23.5 Å². The maximum absolute atomic E-state index is 12.0. The van der Waals surface area contributed by atoms with Gasteiger partial charge in [-0.1, -0.05) is 17.7 Å². The number of hydrogen-bond donors (Lipinski definition) is 0. The lowest BCUT2D eigenvalue weighted by Crippen LogP contribution is -2.39. The highest BCUT2D eigenvalue weighted by atomic mass is 35.5. The van der Waals surface area contributed by atoms with Crippen LogP contribution in [0, 0.1) is 0 Å². The summed E-state index contributed by atoms with van der Waals surface area (Å²) < 4.78 is 10.2. The zero-order valence-corrected chi connectivity index (χ0v) is 12.6. The normalized spacial score (nSPS) is 9.81. The number of rotatable bonds is 8. The van der Waals surface area contributed by atoms with Crippen molar-refractivity contribution in [3.05, 3.63) is 41.9 Å². The summed E-state index contributed by atoms with van der Waals surface area (Å²) in [5.41, 5.74) is 0. The van der Waals surface area contributed by atoms with E-state index < -0.39 is 5.97 Å². The minimum absolute atomic E-state index is 0.122. The maximum Gasteiger partial charge on any atom is 0.325 e. The smallest absolute Gasteiger partial charge is 0.325 e. The summed E-state index contributed by atoms with van der Waals surface area (Å²) in [6.45, 7) is 5.50. The Kier molecular flexibility index (Phi) is 7.32. The molecule has 0 radical (unpaired) electrons. The Labute approximate surface area is 129 Å². The van der Waals surface area contributed by atoms with E-state index in [2.05, 4.69) is 6.58 Å². The first-order valence-electron chi connectivity index (χ1n) is 6.49. The average Bonchev–Trinajstić information content (AvgIpc) is 2.46. The first kappa shape index (κ1) is 17.0. The number of carbonyl (C=O) groups excluding carboxylic acids is 2. The first-order valence-corrected chi connectivity index (χ1v) is 6.87. The van der Waals surface area contributed by atoms with Gasteiger partial charge in [0.25, 0.3) is 5.91 Å². The van der Waals surface area contributed by atoms with Gasteiger partial charge in [0.05, 0.1) is 6.61 Å². The third-order valence-electron chi connectivity index (χ3n) is 2.50. The molecule has 1 amide bonds. The van der Waals surface area contributed by atoms with E-state index in [1.165, 1.54) is 4.90 Å². The Morgan fingerprint density at radius 3 is 2.57 bits per heavy atom. The molecule has 1 rings (SSSR count). The van der Waals surface area contributed by atoms with Crippen LogP contribution >= 0.6 is 11.6 Å². The van der Waals surface area contributed by atoms with E-state index >= 15 is 0 Å². The number of amides is 1. The molecular formula is C15H18ClNO4. The predicted octanol–water partition coefficient (Wildman–Crippen LogP) is 2.30. The molecule has 0 spiro atoms. The Hall–Kier alpha value is -2.01. The van der Waals surface area contributed by atoms with Gasteiger partial charge in [-0.05, 0) is 31.2 Å². The van der Waals surface area contributed by atoms with Crippen LogP contribution in [0.25, 0.3) is 0 Å². The van der Waals surface area contributed by atoms with Gasteiger partial charge in [0.2, 0.25) is 0 Å². The standard InChI is InChI=1S/C15H18ClNO4/c1-3-9-17(10-15(19)20-4-2)14(18)11-21-13-7-5-12(16)6-8-13/h3,5-8H,1,4,9-11H2,2H3. The summed E-state index contributed by atoms with van der Waals surface area (Å²) in [6, 6.07) is 6.67. The molecule has 0 N–H and O–H groups in total. The predicted molar refractivity (Wildman–Crippen MR) is 80.4 cm³/mol. The van der Waals surface area contributed by atoms with Gasteiger partial charge in [-0.15, -0.1) is 6.58 Å². The Morgan fingerprint density at radius 2 is 2.00 bits per heavy atom. The largest absolute Gasteiger partial charge is 0.484 e. The molecule has 0 atom stereocenters. The fraction of sp³-hybridized carbons (Fsp3) is 0.333. The Morgan fingerprint density at radius 1 is 1.33 bits per heavy atom. The highest BCUT2D eigenvalue weighted by Crippen LogP contribution is 2.15. The van der Waals surface area contributed by atoms with Crippen molar-refractivity contribution in [2.24, 2.45) is 0 Å². The molecule has 0 fully saturated rings. The van der Waals surface area contributed by atoms with E-state index in [0.717, 1.165) is 0 Å². The number of carbonyl (C=O) groups is 2. The van der Waals surface area contributed by atoms with Crippen molar-refractivity contribution in [2.75, 3.05) is 26.3 Å². The molecule has 0 unspecified atom stereocenters. The lowest BCUT2D eigenvalue weighted by Gasteiger charge is -2.20. The number of ether oxygens (including phenoxy) is 2. The van der Waals surface area contributed by atoms with Crippen molar-refractivity contribution in [3.8, 4) is 5.75 Å². The van der Waals surface area contributed by atoms with Gasteiger partial charge < -0.3 is 14.4 Å². The topological polar surface area (TPSA) is 55.8 Å². The monoisotopic (exact) mass is 311 g/mol. The summed E-state index contributed by atoms with van der Waals surface area (Å²) >= 11 is 5.76. The Balaban J connectivity index is 2.53. The van der Waals surface area contributed by atoms with Crippen molar-refractivity contribution in [2.45, 2.75) is 6.92 Å².